The molecule has 1 fully saturated rings. The van der Waals surface area contributed by atoms with E-state index in [1.165, 1.54) is 0 Å². The van der Waals surface area contributed by atoms with Gasteiger partial charge in [0.1, 0.15) is 6.04 Å². The maximum Gasteiger partial charge on any atom is 0.320 e. The van der Waals surface area contributed by atoms with Crippen LogP contribution in [0.3, 0.4) is 0 Å². The van der Waals surface area contributed by atoms with Crippen molar-refractivity contribution in [2.75, 3.05) is 0 Å². The molecule has 1 heterocycles. The van der Waals surface area contributed by atoms with Crippen LogP contribution in [0.1, 0.15) is 26.7 Å². The molecule has 0 unspecified atom stereocenters. The largest absolute Gasteiger partial charge is 0.480 e. The van der Waals surface area contributed by atoms with Gasteiger partial charge in [-0.05, 0) is 18.8 Å². The predicted octanol–water partition coefficient (Wildman–Crippen LogP) is 0.848. The lowest BCUT2D eigenvalue weighted by Crippen LogP contribution is -2.37. The molecule has 1 rings (SSSR count). The Bertz CT molecular complexity index is 156. The van der Waals surface area contributed by atoms with Crippen molar-refractivity contribution < 1.29 is 9.90 Å². The Morgan fingerprint density at radius 3 is 2.45 bits per heavy atom. The maximum absolute atomic E-state index is 10.5. The number of aliphatic carboxylic acids is 1. The first kappa shape index (κ1) is 8.53. The van der Waals surface area contributed by atoms with Gasteiger partial charge in [0.15, 0.2) is 0 Å². The third kappa shape index (κ3) is 1.93. The Balaban J connectivity index is 2.41. The van der Waals surface area contributed by atoms with Crippen LogP contribution in [0.4, 0.5) is 0 Å². The van der Waals surface area contributed by atoms with Gasteiger partial charge in [-0.2, -0.15) is 0 Å². The molecule has 2 atom stereocenters. The topological polar surface area (TPSA) is 49.3 Å². The van der Waals surface area contributed by atoms with Gasteiger partial charge >= 0.3 is 5.97 Å². The molecule has 0 bridgehead atoms. The molecule has 0 aliphatic carbocycles. The first-order valence-corrected chi connectivity index (χ1v) is 4.10. The summed E-state index contributed by atoms with van der Waals surface area (Å²) in [7, 11) is 0. The molecule has 11 heavy (non-hydrogen) atoms. The van der Waals surface area contributed by atoms with Crippen LogP contribution >= 0.6 is 0 Å². The van der Waals surface area contributed by atoms with E-state index in [2.05, 4.69) is 19.2 Å². The van der Waals surface area contributed by atoms with Gasteiger partial charge in [-0.1, -0.05) is 13.8 Å². The van der Waals surface area contributed by atoms with Crippen LogP contribution in [0.25, 0.3) is 0 Å². The van der Waals surface area contributed by atoms with E-state index in [-0.39, 0.29) is 6.04 Å². The van der Waals surface area contributed by atoms with Crippen molar-refractivity contribution in [1.82, 2.24) is 5.32 Å². The fraction of sp³-hybridized carbons (Fsp3) is 0.875. The zero-order valence-corrected chi connectivity index (χ0v) is 7.00. The first-order valence-electron chi connectivity index (χ1n) is 4.10. The predicted molar refractivity (Wildman–Crippen MR) is 42.4 cm³/mol. The van der Waals surface area contributed by atoms with Crippen LogP contribution in [-0.2, 0) is 4.79 Å². The van der Waals surface area contributed by atoms with E-state index in [4.69, 9.17) is 5.11 Å². The van der Waals surface area contributed by atoms with Gasteiger partial charge in [0.05, 0.1) is 0 Å². The first-order chi connectivity index (χ1) is 5.11. The highest BCUT2D eigenvalue weighted by atomic mass is 16.4. The Labute approximate surface area is 66.8 Å². The highest BCUT2D eigenvalue weighted by molar-refractivity contribution is 5.73. The lowest BCUT2D eigenvalue weighted by atomic mass is 10.0. The summed E-state index contributed by atoms with van der Waals surface area (Å²) in [6, 6.07) is 0.0958. The Hall–Kier alpha value is -0.570. The van der Waals surface area contributed by atoms with Gasteiger partial charge in [-0.25, -0.2) is 0 Å². The van der Waals surface area contributed by atoms with E-state index in [0.717, 1.165) is 12.8 Å². The minimum Gasteiger partial charge on any atom is -0.480 e. The second-order valence-electron chi connectivity index (χ2n) is 3.49. The van der Waals surface area contributed by atoms with Crippen LogP contribution in [-0.4, -0.2) is 23.2 Å². The Kier molecular flexibility index (Phi) is 2.49. The molecule has 1 saturated heterocycles. The van der Waals surface area contributed by atoms with E-state index in [1.54, 1.807) is 0 Å². The Morgan fingerprint density at radius 2 is 2.18 bits per heavy atom. The number of rotatable bonds is 2. The third-order valence-electron chi connectivity index (χ3n) is 2.28. The lowest BCUT2D eigenvalue weighted by Gasteiger charge is -2.14. The Morgan fingerprint density at radius 1 is 1.55 bits per heavy atom. The molecule has 0 radical (unpaired) electrons. The number of carbonyl (C=O) groups is 1. The minimum atomic E-state index is -0.715. The van der Waals surface area contributed by atoms with Gasteiger partial charge in [-0.15, -0.1) is 0 Å². The molecule has 1 aliphatic rings. The molecular formula is C8H15NO2. The monoisotopic (exact) mass is 157 g/mol. The minimum absolute atomic E-state index is 0.303. The van der Waals surface area contributed by atoms with Crippen molar-refractivity contribution in [3.63, 3.8) is 0 Å². The summed E-state index contributed by atoms with van der Waals surface area (Å²) in [4.78, 5) is 10.5. The zero-order chi connectivity index (χ0) is 8.43. The second kappa shape index (κ2) is 3.22. The smallest absolute Gasteiger partial charge is 0.320 e. The average Bonchev–Trinajstić information content (AvgIpc) is 2.33. The van der Waals surface area contributed by atoms with Crippen molar-refractivity contribution in [1.29, 1.82) is 0 Å². The van der Waals surface area contributed by atoms with Gasteiger partial charge in [0, 0.05) is 6.04 Å². The van der Waals surface area contributed by atoms with Crippen molar-refractivity contribution in [2.45, 2.75) is 38.8 Å². The number of carboxylic acids is 1. The maximum atomic E-state index is 10.5. The van der Waals surface area contributed by atoms with Crippen LogP contribution < -0.4 is 5.32 Å². The SMILES string of the molecule is CC(C)[C@H]1CC[C@H](C(=O)O)N1. The molecule has 0 saturated carbocycles. The summed E-state index contributed by atoms with van der Waals surface area (Å²) in [5, 5.41) is 11.7. The third-order valence-corrected chi connectivity index (χ3v) is 2.28. The normalized spacial score (nSPS) is 31.2. The summed E-state index contributed by atoms with van der Waals surface area (Å²) in [6.07, 6.45) is 1.77. The fourth-order valence-corrected chi connectivity index (χ4v) is 1.49. The van der Waals surface area contributed by atoms with Gasteiger partial charge < -0.3 is 10.4 Å². The quantitative estimate of drug-likeness (QED) is 0.624. The molecule has 2 N–H and O–H groups in total. The zero-order valence-electron chi connectivity index (χ0n) is 7.00. The molecule has 3 nitrogen and oxygen atoms in total. The summed E-state index contributed by atoms with van der Waals surface area (Å²) >= 11 is 0. The number of hydrogen-bond acceptors (Lipinski definition) is 2. The molecule has 0 aromatic rings. The van der Waals surface area contributed by atoms with E-state index >= 15 is 0 Å². The van der Waals surface area contributed by atoms with Crippen LogP contribution in [0.5, 0.6) is 0 Å². The van der Waals surface area contributed by atoms with E-state index < -0.39 is 5.97 Å². The highest BCUT2D eigenvalue weighted by Gasteiger charge is 2.29. The average molecular weight is 157 g/mol. The van der Waals surface area contributed by atoms with Crippen LogP contribution in [0.15, 0.2) is 0 Å². The van der Waals surface area contributed by atoms with Crippen molar-refractivity contribution >= 4 is 5.97 Å². The van der Waals surface area contributed by atoms with Crippen molar-refractivity contribution in [2.24, 2.45) is 5.92 Å². The van der Waals surface area contributed by atoms with Gasteiger partial charge in [0.2, 0.25) is 0 Å². The highest BCUT2D eigenvalue weighted by Crippen LogP contribution is 2.18. The summed E-state index contributed by atoms with van der Waals surface area (Å²) in [6.45, 7) is 4.23. The summed E-state index contributed by atoms with van der Waals surface area (Å²) < 4.78 is 0. The van der Waals surface area contributed by atoms with Crippen LogP contribution in [0, 0.1) is 5.92 Å². The standard InChI is InChI=1S/C8H15NO2/c1-5(2)6-3-4-7(9-6)8(10)11/h5-7,9H,3-4H2,1-2H3,(H,10,11)/t6-,7-/m1/s1. The van der Waals surface area contributed by atoms with Crippen molar-refractivity contribution in [3.05, 3.63) is 0 Å². The molecule has 0 spiro atoms. The van der Waals surface area contributed by atoms with E-state index in [9.17, 15) is 4.79 Å². The molecule has 0 aromatic carbocycles. The summed E-state index contributed by atoms with van der Waals surface area (Å²) in [5.74, 6) is -0.174. The molecule has 0 aromatic heterocycles. The molecule has 1 aliphatic heterocycles. The van der Waals surface area contributed by atoms with E-state index in [1.807, 2.05) is 0 Å². The molecule has 0 amide bonds. The van der Waals surface area contributed by atoms with Crippen LogP contribution in [0.2, 0.25) is 0 Å². The summed E-state index contributed by atoms with van der Waals surface area (Å²) in [5.41, 5.74) is 0. The lowest BCUT2D eigenvalue weighted by molar-refractivity contribution is -0.139. The molecular weight excluding hydrogens is 142 g/mol. The van der Waals surface area contributed by atoms with Gasteiger partial charge in [0.25, 0.3) is 0 Å². The molecule has 64 valence electrons. The number of carboxylic acid groups (broad SMARTS) is 1. The second-order valence-corrected chi connectivity index (χ2v) is 3.49. The molecule has 3 heteroatoms. The van der Waals surface area contributed by atoms with Gasteiger partial charge in [-0.3, -0.25) is 4.79 Å². The number of nitrogens with one attached hydrogen (secondary N) is 1. The number of hydrogen-bond donors (Lipinski definition) is 2. The fourth-order valence-electron chi connectivity index (χ4n) is 1.49. The van der Waals surface area contributed by atoms with E-state index in [0.29, 0.717) is 12.0 Å². The van der Waals surface area contributed by atoms with Crippen molar-refractivity contribution in [3.8, 4) is 0 Å².